The Kier molecular flexibility index (Phi) is 3.01. The van der Waals surface area contributed by atoms with Gasteiger partial charge in [0, 0.05) is 13.0 Å². The molecule has 1 radical (unpaired) electrons. The highest BCUT2D eigenvalue weighted by atomic mass is 35.5. The Morgan fingerprint density at radius 1 is 1.21 bits per heavy atom. The van der Waals surface area contributed by atoms with Crippen LogP contribution in [-0.2, 0) is 4.74 Å². The Bertz CT molecular complexity index is 332. The second-order valence-corrected chi connectivity index (χ2v) is 4.31. The van der Waals surface area contributed by atoms with Crippen LogP contribution in [0.15, 0.2) is 18.2 Å². The van der Waals surface area contributed by atoms with Gasteiger partial charge in [0.2, 0.25) is 0 Å². The average Bonchev–Trinajstić information content (AvgIpc) is 2.09. The predicted molar refractivity (Wildman–Crippen MR) is 58.8 cm³/mol. The van der Waals surface area contributed by atoms with E-state index in [1.807, 2.05) is 18.2 Å². The van der Waals surface area contributed by atoms with Gasteiger partial charge in [-0.2, -0.15) is 0 Å². The predicted octanol–water partition coefficient (Wildman–Crippen LogP) is 3.72. The molecular formula is C11H11Cl2O. The van der Waals surface area contributed by atoms with Crippen molar-refractivity contribution in [2.24, 2.45) is 0 Å². The molecule has 2 rings (SSSR count). The first-order valence-electron chi connectivity index (χ1n) is 4.53. The zero-order valence-corrected chi connectivity index (χ0v) is 9.40. The van der Waals surface area contributed by atoms with Crippen LogP contribution in [0.5, 0.6) is 0 Å². The van der Waals surface area contributed by atoms with Crippen molar-refractivity contribution in [2.45, 2.75) is 18.9 Å². The molecule has 0 spiro atoms. The molecule has 1 fully saturated rings. The number of methoxy groups -OCH3 is 1. The maximum atomic E-state index is 5.93. The van der Waals surface area contributed by atoms with Crippen LogP contribution in [0, 0.1) is 5.92 Å². The molecule has 0 unspecified atom stereocenters. The minimum atomic E-state index is 0.388. The van der Waals surface area contributed by atoms with E-state index < -0.39 is 0 Å². The lowest BCUT2D eigenvalue weighted by molar-refractivity contribution is 0.0593. The highest BCUT2D eigenvalue weighted by molar-refractivity contribution is 6.42. The Labute approximate surface area is 94.0 Å². The molecular weight excluding hydrogens is 219 g/mol. The molecule has 1 aromatic rings. The summed E-state index contributed by atoms with van der Waals surface area (Å²) in [6.07, 6.45) is 2.41. The fourth-order valence-corrected chi connectivity index (χ4v) is 1.91. The molecule has 1 nitrogen and oxygen atoms in total. The van der Waals surface area contributed by atoms with E-state index >= 15 is 0 Å². The van der Waals surface area contributed by atoms with Crippen LogP contribution in [0.3, 0.4) is 0 Å². The van der Waals surface area contributed by atoms with E-state index in [0.717, 1.165) is 12.8 Å². The van der Waals surface area contributed by atoms with E-state index in [0.29, 0.717) is 16.1 Å². The normalized spacial score (nSPS) is 18.2. The first-order valence-corrected chi connectivity index (χ1v) is 5.29. The van der Waals surface area contributed by atoms with Crippen molar-refractivity contribution < 1.29 is 4.74 Å². The standard InChI is InChI=1S/C11H11Cl2O/c1-14-9-4-8(5-9)7-2-3-10(12)11(13)6-7/h2-3,6,9H,4-5H2,1H3. The van der Waals surface area contributed by atoms with Gasteiger partial charge < -0.3 is 4.74 Å². The van der Waals surface area contributed by atoms with Crippen LogP contribution in [0.1, 0.15) is 18.4 Å². The molecule has 1 saturated carbocycles. The lowest BCUT2D eigenvalue weighted by Gasteiger charge is -2.33. The van der Waals surface area contributed by atoms with Crippen molar-refractivity contribution in [1.82, 2.24) is 0 Å². The van der Waals surface area contributed by atoms with E-state index in [2.05, 4.69) is 0 Å². The molecule has 1 aliphatic carbocycles. The number of benzene rings is 1. The summed E-state index contributed by atoms with van der Waals surface area (Å²) in [6.45, 7) is 0. The van der Waals surface area contributed by atoms with Gasteiger partial charge in [0.05, 0.1) is 16.1 Å². The third-order valence-electron chi connectivity index (χ3n) is 2.61. The summed E-state index contributed by atoms with van der Waals surface area (Å²) >= 11 is 11.8. The molecule has 0 N–H and O–H groups in total. The van der Waals surface area contributed by atoms with E-state index in [9.17, 15) is 0 Å². The second-order valence-electron chi connectivity index (χ2n) is 3.50. The molecule has 0 atom stereocenters. The summed E-state index contributed by atoms with van der Waals surface area (Å²) in [7, 11) is 1.75. The number of hydrogen-bond donors (Lipinski definition) is 0. The van der Waals surface area contributed by atoms with E-state index in [1.54, 1.807) is 7.11 Å². The minimum absolute atomic E-state index is 0.388. The third-order valence-corrected chi connectivity index (χ3v) is 3.35. The molecule has 75 valence electrons. The Morgan fingerprint density at radius 2 is 1.93 bits per heavy atom. The minimum Gasteiger partial charge on any atom is -0.381 e. The molecule has 0 aliphatic heterocycles. The fraction of sp³-hybridized carbons (Fsp3) is 0.364. The van der Waals surface area contributed by atoms with E-state index in [4.69, 9.17) is 27.9 Å². The molecule has 0 saturated heterocycles. The Balaban J connectivity index is 2.08. The number of hydrogen-bond acceptors (Lipinski definition) is 1. The van der Waals surface area contributed by atoms with Crippen LogP contribution in [0.2, 0.25) is 10.0 Å². The van der Waals surface area contributed by atoms with E-state index in [-0.39, 0.29) is 0 Å². The lowest BCUT2D eigenvalue weighted by atomic mass is 9.77. The molecule has 1 aromatic carbocycles. The van der Waals surface area contributed by atoms with Crippen molar-refractivity contribution in [2.75, 3.05) is 7.11 Å². The first kappa shape index (κ1) is 10.3. The summed E-state index contributed by atoms with van der Waals surface area (Å²) in [5.74, 6) is 1.40. The van der Waals surface area contributed by atoms with Gasteiger partial charge in [-0.1, -0.05) is 29.3 Å². The van der Waals surface area contributed by atoms with Gasteiger partial charge in [-0.25, -0.2) is 0 Å². The summed E-state index contributed by atoms with van der Waals surface area (Å²) < 4.78 is 5.21. The summed E-state index contributed by atoms with van der Waals surface area (Å²) in [4.78, 5) is 0. The van der Waals surface area contributed by atoms with Gasteiger partial charge in [-0.05, 0) is 30.5 Å². The van der Waals surface area contributed by atoms with Crippen LogP contribution >= 0.6 is 23.2 Å². The maximum Gasteiger partial charge on any atom is 0.0595 e. The average molecular weight is 230 g/mol. The van der Waals surface area contributed by atoms with Crippen molar-refractivity contribution in [3.05, 3.63) is 39.7 Å². The van der Waals surface area contributed by atoms with Gasteiger partial charge in [-0.3, -0.25) is 0 Å². The van der Waals surface area contributed by atoms with Crippen molar-refractivity contribution in [1.29, 1.82) is 0 Å². The van der Waals surface area contributed by atoms with Gasteiger partial charge in [0.25, 0.3) is 0 Å². The second kappa shape index (κ2) is 4.09. The Hall–Kier alpha value is -0.240. The maximum absolute atomic E-state index is 5.93. The summed E-state index contributed by atoms with van der Waals surface area (Å²) in [5, 5.41) is 1.23. The number of halogens is 2. The smallest absolute Gasteiger partial charge is 0.0595 e. The third kappa shape index (κ3) is 1.90. The lowest BCUT2D eigenvalue weighted by Crippen LogP contribution is -2.29. The molecule has 3 heteroatoms. The zero-order valence-electron chi connectivity index (χ0n) is 7.89. The quantitative estimate of drug-likeness (QED) is 0.752. The highest BCUT2D eigenvalue weighted by Gasteiger charge is 2.30. The molecule has 0 amide bonds. The largest absolute Gasteiger partial charge is 0.381 e. The Morgan fingerprint density at radius 3 is 2.50 bits per heavy atom. The molecule has 0 heterocycles. The number of ether oxygens (including phenoxy) is 1. The van der Waals surface area contributed by atoms with Gasteiger partial charge in [-0.15, -0.1) is 0 Å². The van der Waals surface area contributed by atoms with Crippen LogP contribution < -0.4 is 0 Å². The first-order chi connectivity index (χ1) is 6.70. The SMILES string of the molecule is COC1C[C](c2ccc(Cl)c(Cl)c2)C1. The van der Waals surface area contributed by atoms with Crippen molar-refractivity contribution in [3.8, 4) is 0 Å². The highest BCUT2D eigenvalue weighted by Crippen LogP contribution is 2.39. The molecule has 0 aromatic heterocycles. The zero-order chi connectivity index (χ0) is 10.1. The fourth-order valence-electron chi connectivity index (χ4n) is 1.61. The van der Waals surface area contributed by atoms with Gasteiger partial charge >= 0.3 is 0 Å². The monoisotopic (exact) mass is 229 g/mol. The van der Waals surface area contributed by atoms with Gasteiger partial charge in [0.15, 0.2) is 0 Å². The summed E-state index contributed by atoms with van der Waals surface area (Å²) in [5.41, 5.74) is 1.19. The van der Waals surface area contributed by atoms with Gasteiger partial charge in [0.1, 0.15) is 0 Å². The van der Waals surface area contributed by atoms with Crippen LogP contribution in [-0.4, -0.2) is 13.2 Å². The van der Waals surface area contributed by atoms with Crippen molar-refractivity contribution in [3.63, 3.8) is 0 Å². The topological polar surface area (TPSA) is 9.23 Å². The van der Waals surface area contributed by atoms with Crippen molar-refractivity contribution >= 4 is 23.2 Å². The number of rotatable bonds is 2. The van der Waals surface area contributed by atoms with Crippen LogP contribution in [0.4, 0.5) is 0 Å². The summed E-state index contributed by atoms with van der Waals surface area (Å²) in [6, 6.07) is 5.77. The molecule has 1 aliphatic rings. The van der Waals surface area contributed by atoms with E-state index in [1.165, 1.54) is 11.5 Å². The molecule has 0 bridgehead atoms. The van der Waals surface area contributed by atoms with Crippen LogP contribution in [0.25, 0.3) is 0 Å². The molecule has 14 heavy (non-hydrogen) atoms.